The van der Waals surface area contributed by atoms with Crippen molar-refractivity contribution in [3.8, 4) is 0 Å². The van der Waals surface area contributed by atoms with Gasteiger partial charge in [0.05, 0.1) is 12.3 Å². The third kappa shape index (κ3) is 5.67. The van der Waals surface area contributed by atoms with E-state index < -0.39 is 10.0 Å². The molecule has 1 aromatic carbocycles. The molecule has 6 nitrogen and oxygen atoms in total. The molecule has 0 amide bonds. The number of nitrogens with zero attached hydrogens (tertiary/aromatic N) is 1. The Morgan fingerprint density at radius 1 is 1.39 bits per heavy atom. The van der Waals surface area contributed by atoms with Gasteiger partial charge in [-0.3, -0.25) is 4.99 Å². The molecular formula is C15H23ClN4O2S. The molecule has 0 atom stereocenters. The molecule has 1 aliphatic carbocycles. The molecule has 1 aromatic rings. The molecule has 0 saturated heterocycles. The fourth-order valence-electron chi connectivity index (χ4n) is 2.39. The van der Waals surface area contributed by atoms with E-state index in [0.29, 0.717) is 19.0 Å². The highest BCUT2D eigenvalue weighted by molar-refractivity contribution is 7.89. The first-order valence-electron chi connectivity index (χ1n) is 7.63. The maximum Gasteiger partial charge on any atom is 0.210 e. The van der Waals surface area contributed by atoms with Gasteiger partial charge in [-0.15, -0.1) is 0 Å². The Morgan fingerprint density at radius 2 is 2.13 bits per heavy atom. The summed E-state index contributed by atoms with van der Waals surface area (Å²) in [6.45, 7) is 3.53. The lowest BCUT2D eigenvalue weighted by atomic mass is 9.96. The molecule has 128 valence electrons. The number of rotatable bonds is 7. The van der Waals surface area contributed by atoms with Crippen molar-refractivity contribution in [3.63, 3.8) is 0 Å². The third-order valence-electron chi connectivity index (χ3n) is 3.85. The van der Waals surface area contributed by atoms with Gasteiger partial charge in [-0.25, -0.2) is 13.6 Å². The van der Waals surface area contributed by atoms with Crippen LogP contribution in [0.5, 0.6) is 0 Å². The molecule has 0 heterocycles. The van der Waals surface area contributed by atoms with Crippen LogP contribution in [0.2, 0.25) is 5.02 Å². The molecule has 0 bridgehead atoms. The Labute approximate surface area is 142 Å². The van der Waals surface area contributed by atoms with E-state index in [0.717, 1.165) is 17.9 Å². The van der Waals surface area contributed by atoms with Gasteiger partial charge in [0, 0.05) is 23.5 Å². The lowest BCUT2D eigenvalue weighted by molar-refractivity contribution is 0.596. The van der Waals surface area contributed by atoms with Crippen molar-refractivity contribution >= 4 is 27.6 Å². The van der Waals surface area contributed by atoms with Gasteiger partial charge < -0.3 is 10.6 Å². The fourth-order valence-corrected chi connectivity index (χ4v) is 2.97. The number of hydrogen-bond donors (Lipinski definition) is 3. The fraction of sp³-hybridized carbons (Fsp3) is 0.533. The molecule has 0 aliphatic heterocycles. The number of hydrogen-bond acceptors (Lipinski definition) is 3. The van der Waals surface area contributed by atoms with Crippen molar-refractivity contribution in [1.29, 1.82) is 0 Å². The number of nitrogens with two attached hydrogens (primary N) is 1. The molecule has 0 aromatic heterocycles. The van der Waals surface area contributed by atoms with Crippen molar-refractivity contribution in [2.45, 2.75) is 25.2 Å². The largest absolute Gasteiger partial charge is 0.357 e. The van der Waals surface area contributed by atoms with Crippen molar-refractivity contribution in [2.24, 2.45) is 10.1 Å². The zero-order valence-corrected chi connectivity index (χ0v) is 14.8. The smallest absolute Gasteiger partial charge is 0.210 e. The number of guanidine groups is 1. The predicted octanol–water partition coefficient (Wildman–Crippen LogP) is 1.22. The summed E-state index contributed by atoms with van der Waals surface area (Å²) in [4.78, 5) is 4.59. The standard InChI is InChI=1S/C15H23ClN4O2S/c1-2-18-14(19-8-9-23(17,21)22)20-11-15(6-7-15)12-4-3-5-13(16)10-12/h3-5,10H,2,6-9,11H2,1H3,(H2,17,21,22)(H2,18,19,20). The van der Waals surface area contributed by atoms with Gasteiger partial charge in [0.2, 0.25) is 10.0 Å². The maximum atomic E-state index is 11.0. The van der Waals surface area contributed by atoms with E-state index in [1.807, 2.05) is 25.1 Å². The highest BCUT2D eigenvalue weighted by Crippen LogP contribution is 2.48. The Hall–Kier alpha value is -1.31. The van der Waals surface area contributed by atoms with Crippen LogP contribution in [0.25, 0.3) is 0 Å². The molecule has 0 unspecified atom stereocenters. The van der Waals surface area contributed by atoms with Crippen LogP contribution in [0.3, 0.4) is 0 Å². The summed E-state index contributed by atoms with van der Waals surface area (Å²) in [6, 6.07) is 7.89. The van der Waals surface area contributed by atoms with E-state index >= 15 is 0 Å². The van der Waals surface area contributed by atoms with Gasteiger partial charge in [0.25, 0.3) is 0 Å². The minimum atomic E-state index is -3.47. The van der Waals surface area contributed by atoms with Crippen molar-refractivity contribution in [3.05, 3.63) is 34.9 Å². The Kier molecular flexibility index (Phi) is 5.89. The van der Waals surface area contributed by atoms with E-state index in [9.17, 15) is 8.42 Å². The minimum absolute atomic E-state index is 0.0488. The van der Waals surface area contributed by atoms with Crippen molar-refractivity contribution < 1.29 is 8.42 Å². The molecule has 2 rings (SSSR count). The first-order valence-corrected chi connectivity index (χ1v) is 9.73. The Bertz CT molecular complexity index is 672. The van der Waals surface area contributed by atoms with E-state index in [1.165, 1.54) is 5.56 Å². The van der Waals surface area contributed by atoms with Gasteiger partial charge in [0.1, 0.15) is 0 Å². The van der Waals surface area contributed by atoms with Crippen LogP contribution in [0.15, 0.2) is 29.3 Å². The summed E-state index contributed by atoms with van der Waals surface area (Å²) in [5.74, 6) is 0.473. The number of nitrogens with one attached hydrogen (secondary N) is 2. The summed E-state index contributed by atoms with van der Waals surface area (Å²) >= 11 is 6.07. The van der Waals surface area contributed by atoms with Crippen LogP contribution in [-0.2, 0) is 15.4 Å². The lowest BCUT2D eigenvalue weighted by Crippen LogP contribution is -2.40. The monoisotopic (exact) mass is 358 g/mol. The average Bonchev–Trinajstić information content (AvgIpc) is 3.25. The van der Waals surface area contributed by atoms with Crippen LogP contribution in [0.1, 0.15) is 25.3 Å². The van der Waals surface area contributed by atoms with Crippen LogP contribution in [-0.4, -0.2) is 39.8 Å². The topological polar surface area (TPSA) is 96.6 Å². The lowest BCUT2D eigenvalue weighted by Gasteiger charge is -2.16. The highest BCUT2D eigenvalue weighted by atomic mass is 35.5. The summed E-state index contributed by atoms with van der Waals surface area (Å²) < 4.78 is 22.0. The summed E-state index contributed by atoms with van der Waals surface area (Å²) in [6.07, 6.45) is 2.15. The Morgan fingerprint density at radius 3 is 2.70 bits per heavy atom. The zero-order chi connectivity index (χ0) is 16.9. The molecule has 0 radical (unpaired) electrons. The number of sulfonamides is 1. The molecule has 1 aliphatic rings. The van der Waals surface area contributed by atoms with Gasteiger partial charge in [0.15, 0.2) is 5.96 Å². The van der Waals surface area contributed by atoms with Gasteiger partial charge in [-0.2, -0.15) is 0 Å². The van der Waals surface area contributed by atoms with Crippen LogP contribution >= 0.6 is 11.6 Å². The molecule has 1 fully saturated rings. The highest BCUT2D eigenvalue weighted by Gasteiger charge is 2.44. The second-order valence-corrected chi connectivity index (χ2v) is 7.95. The number of halogens is 1. The second kappa shape index (κ2) is 7.51. The molecule has 8 heteroatoms. The van der Waals surface area contributed by atoms with Crippen LogP contribution in [0, 0.1) is 0 Å². The molecular weight excluding hydrogens is 336 g/mol. The molecule has 1 saturated carbocycles. The van der Waals surface area contributed by atoms with Crippen molar-refractivity contribution in [2.75, 3.05) is 25.4 Å². The SMILES string of the molecule is CCNC(=NCC1(c2cccc(Cl)c2)CC1)NCCS(N)(=O)=O. The average molecular weight is 359 g/mol. The van der Waals surface area contributed by atoms with Crippen LogP contribution < -0.4 is 15.8 Å². The van der Waals surface area contributed by atoms with E-state index in [-0.39, 0.29) is 17.7 Å². The molecule has 4 N–H and O–H groups in total. The van der Waals surface area contributed by atoms with Crippen molar-refractivity contribution in [1.82, 2.24) is 10.6 Å². The summed E-state index contributed by atoms with van der Waals surface area (Å²) in [7, 11) is -3.47. The van der Waals surface area contributed by atoms with Gasteiger partial charge in [-0.05, 0) is 37.5 Å². The Balaban J connectivity index is 1.99. The van der Waals surface area contributed by atoms with E-state index in [4.69, 9.17) is 16.7 Å². The van der Waals surface area contributed by atoms with E-state index in [1.54, 1.807) is 0 Å². The number of primary sulfonamides is 1. The maximum absolute atomic E-state index is 11.0. The number of aliphatic imine (C=N–C) groups is 1. The molecule has 23 heavy (non-hydrogen) atoms. The third-order valence-corrected chi connectivity index (χ3v) is 4.86. The normalized spacial score (nSPS) is 16.9. The van der Waals surface area contributed by atoms with Gasteiger partial charge in [-0.1, -0.05) is 23.7 Å². The quantitative estimate of drug-likeness (QED) is 0.504. The summed E-state index contributed by atoms with van der Waals surface area (Å²) in [5, 5.41) is 11.8. The van der Waals surface area contributed by atoms with Crippen LogP contribution in [0.4, 0.5) is 0 Å². The van der Waals surface area contributed by atoms with E-state index in [2.05, 4.69) is 21.7 Å². The first-order chi connectivity index (χ1) is 10.8. The second-order valence-electron chi connectivity index (χ2n) is 5.78. The minimum Gasteiger partial charge on any atom is -0.357 e. The predicted molar refractivity (Wildman–Crippen MR) is 94.3 cm³/mol. The number of benzene rings is 1. The zero-order valence-electron chi connectivity index (χ0n) is 13.2. The first kappa shape index (κ1) is 18.0. The summed E-state index contributed by atoms with van der Waals surface area (Å²) in [5.41, 5.74) is 1.25. The molecule has 0 spiro atoms. The van der Waals surface area contributed by atoms with Gasteiger partial charge >= 0.3 is 0 Å².